The lowest BCUT2D eigenvalue weighted by Gasteiger charge is -2.28. The number of carboxylic acid groups (broad SMARTS) is 1. The van der Waals surface area contributed by atoms with Gasteiger partial charge >= 0.3 is 5.97 Å². The molecule has 2 aromatic rings. The fraction of sp³-hybridized carbons (Fsp3) is 0.385. The summed E-state index contributed by atoms with van der Waals surface area (Å²) in [6, 6.07) is 13.0. The van der Waals surface area contributed by atoms with Gasteiger partial charge in [-0.25, -0.2) is 9.79 Å². The van der Waals surface area contributed by atoms with Crippen LogP contribution in [0.15, 0.2) is 59.6 Å². The van der Waals surface area contributed by atoms with Crippen molar-refractivity contribution in [1.82, 2.24) is 0 Å². The average Bonchev–Trinajstić information content (AvgIpc) is 3.29. The Hall–Kier alpha value is -3.08. The highest BCUT2D eigenvalue weighted by molar-refractivity contribution is 6.00. The number of hydrogen-bond acceptors (Lipinski definition) is 4. The predicted octanol–water partition coefficient (Wildman–Crippen LogP) is 7.01. The maximum atomic E-state index is 11.9. The molecule has 0 bridgehead atoms. The number of carbonyl (C=O) groups is 1. The molecule has 0 aliphatic heterocycles. The summed E-state index contributed by atoms with van der Waals surface area (Å²) >= 11 is 0. The van der Waals surface area contributed by atoms with E-state index in [9.17, 15) is 9.90 Å². The number of ether oxygens (including phenoxy) is 1. The highest BCUT2D eigenvalue weighted by Gasteiger charge is 2.21. The molecular weight excluding hydrogens is 388 g/mol. The predicted molar refractivity (Wildman–Crippen MR) is 127 cm³/mol. The molecule has 0 radical (unpaired) electrons. The molecule has 0 atom stereocenters. The molecule has 0 unspecified atom stereocenters. The summed E-state index contributed by atoms with van der Waals surface area (Å²) in [4.78, 5) is 19.0. The molecule has 0 heterocycles. The molecule has 1 aliphatic carbocycles. The first-order chi connectivity index (χ1) is 15.1. The fourth-order valence-electron chi connectivity index (χ4n) is 3.58. The second-order valence-corrected chi connectivity index (χ2v) is 7.80. The van der Waals surface area contributed by atoms with Gasteiger partial charge in [-0.2, -0.15) is 0 Å². The molecule has 5 nitrogen and oxygen atoms in total. The van der Waals surface area contributed by atoms with E-state index < -0.39 is 5.97 Å². The van der Waals surface area contributed by atoms with Crippen molar-refractivity contribution >= 4 is 23.1 Å². The molecule has 0 spiro atoms. The number of carboxylic acids is 1. The molecule has 3 rings (SSSR count). The van der Waals surface area contributed by atoms with Crippen molar-refractivity contribution in [3.8, 4) is 11.5 Å². The highest BCUT2D eigenvalue weighted by Crippen LogP contribution is 2.43. The van der Waals surface area contributed by atoms with Gasteiger partial charge in [0.2, 0.25) is 0 Å². The summed E-state index contributed by atoms with van der Waals surface area (Å²) in [5.74, 6) is 0.374. The van der Waals surface area contributed by atoms with Gasteiger partial charge in [0.25, 0.3) is 0 Å². The van der Waals surface area contributed by atoms with Crippen molar-refractivity contribution in [2.75, 3.05) is 18.0 Å². The summed E-state index contributed by atoms with van der Waals surface area (Å²) in [6.45, 7) is 6.02. The summed E-state index contributed by atoms with van der Waals surface area (Å²) in [7, 11) is 0. The third kappa shape index (κ3) is 6.20. The Morgan fingerprint density at radius 2 is 1.81 bits per heavy atom. The number of hydrogen-bond donors (Lipinski definition) is 1. The zero-order valence-corrected chi connectivity index (χ0v) is 18.5. The van der Waals surface area contributed by atoms with Gasteiger partial charge in [-0.3, -0.25) is 0 Å². The van der Waals surface area contributed by atoms with Crippen LogP contribution in [0.2, 0.25) is 0 Å². The molecule has 0 fully saturated rings. The lowest BCUT2D eigenvalue weighted by atomic mass is 10.1. The Bertz CT molecular complexity index is 927. The molecule has 164 valence electrons. The number of benzene rings is 2. The van der Waals surface area contributed by atoms with Crippen molar-refractivity contribution in [3.63, 3.8) is 0 Å². The Kier molecular flexibility index (Phi) is 8.27. The van der Waals surface area contributed by atoms with Crippen LogP contribution in [-0.2, 0) is 0 Å². The number of allylic oxidation sites excluding steroid dienone is 2. The molecular formula is C26H32N2O3. The average molecular weight is 421 g/mol. The van der Waals surface area contributed by atoms with Crippen LogP contribution < -0.4 is 9.64 Å². The number of aromatic carboxylic acids is 1. The van der Waals surface area contributed by atoms with Gasteiger partial charge in [0.15, 0.2) is 5.75 Å². The molecule has 1 aliphatic rings. The van der Waals surface area contributed by atoms with Gasteiger partial charge in [-0.1, -0.05) is 51.0 Å². The van der Waals surface area contributed by atoms with Crippen molar-refractivity contribution in [3.05, 3.63) is 60.2 Å². The lowest BCUT2D eigenvalue weighted by molar-refractivity contribution is 0.0697. The molecule has 2 aromatic carbocycles. The number of aliphatic imine (C=N–C) groups is 1. The molecule has 0 saturated heterocycles. The Labute approximate surface area is 185 Å². The zero-order valence-electron chi connectivity index (χ0n) is 18.5. The SMILES string of the molecule is CCCCN(CCCC)c1cc(C(=O)O)cc(N=C2C=CCC2)c1Oc1ccccc1. The van der Waals surface area contributed by atoms with E-state index in [2.05, 4.69) is 24.8 Å². The van der Waals surface area contributed by atoms with Gasteiger partial charge in [-0.05, 0) is 56.0 Å². The molecule has 0 saturated carbocycles. The zero-order chi connectivity index (χ0) is 22.1. The van der Waals surface area contributed by atoms with E-state index in [1.165, 1.54) is 0 Å². The standard InChI is InChI=1S/C26H32N2O3/c1-3-5-16-28(17-6-4-2)24-19-20(26(29)30)18-23(27-21-12-10-11-13-21)25(24)31-22-14-8-7-9-15-22/h7-10,12,14-15,18-19H,3-6,11,13,16-17H2,1-2H3,(H,29,30). The maximum Gasteiger partial charge on any atom is 0.335 e. The fourth-order valence-corrected chi connectivity index (χ4v) is 3.58. The summed E-state index contributed by atoms with van der Waals surface area (Å²) < 4.78 is 6.36. The minimum Gasteiger partial charge on any atom is -0.478 e. The van der Waals surface area contributed by atoms with Crippen molar-refractivity contribution < 1.29 is 14.6 Å². The van der Waals surface area contributed by atoms with Gasteiger partial charge in [0, 0.05) is 18.8 Å². The van der Waals surface area contributed by atoms with Gasteiger partial charge in [0.1, 0.15) is 11.4 Å². The van der Waals surface area contributed by atoms with Gasteiger partial charge < -0.3 is 14.7 Å². The van der Waals surface area contributed by atoms with E-state index in [0.29, 0.717) is 17.2 Å². The highest BCUT2D eigenvalue weighted by atomic mass is 16.5. The van der Waals surface area contributed by atoms with E-state index >= 15 is 0 Å². The molecule has 5 heteroatoms. The first-order valence-electron chi connectivity index (χ1n) is 11.3. The third-order valence-electron chi connectivity index (χ3n) is 5.31. The summed E-state index contributed by atoms with van der Waals surface area (Å²) in [5, 5.41) is 9.79. The van der Waals surface area contributed by atoms with Crippen molar-refractivity contribution in [2.45, 2.75) is 52.4 Å². The van der Waals surface area contributed by atoms with Gasteiger partial charge in [0.05, 0.1) is 11.3 Å². The van der Waals surface area contributed by atoms with Gasteiger partial charge in [-0.15, -0.1) is 0 Å². The van der Waals surface area contributed by atoms with Crippen LogP contribution in [0.25, 0.3) is 0 Å². The molecule has 0 aromatic heterocycles. The van der Waals surface area contributed by atoms with Crippen molar-refractivity contribution in [2.24, 2.45) is 4.99 Å². The smallest absolute Gasteiger partial charge is 0.335 e. The van der Waals surface area contributed by atoms with E-state index in [1.54, 1.807) is 12.1 Å². The van der Waals surface area contributed by atoms with Crippen LogP contribution in [0.1, 0.15) is 62.7 Å². The first kappa shape index (κ1) is 22.6. The van der Waals surface area contributed by atoms with Crippen LogP contribution in [0, 0.1) is 0 Å². The number of rotatable bonds is 11. The minimum absolute atomic E-state index is 0.231. The largest absolute Gasteiger partial charge is 0.478 e. The van der Waals surface area contributed by atoms with E-state index in [1.807, 2.05) is 36.4 Å². The lowest BCUT2D eigenvalue weighted by Crippen LogP contribution is -2.26. The second-order valence-electron chi connectivity index (χ2n) is 7.80. The summed E-state index contributed by atoms with van der Waals surface area (Å²) in [5.41, 5.74) is 2.54. The quantitative estimate of drug-likeness (QED) is 0.425. The van der Waals surface area contributed by atoms with E-state index in [4.69, 9.17) is 9.73 Å². The Morgan fingerprint density at radius 1 is 1.10 bits per heavy atom. The minimum atomic E-state index is -0.957. The normalized spacial score (nSPS) is 14.2. The number of nitrogens with zero attached hydrogens (tertiary/aromatic N) is 2. The second kappa shape index (κ2) is 11.3. The van der Waals surface area contributed by atoms with E-state index in [0.717, 1.165) is 63.0 Å². The third-order valence-corrected chi connectivity index (χ3v) is 5.31. The number of para-hydroxylation sites is 1. The maximum absolute atomic E-state index is 11.9. The summed E-state index contributed by atoms with van der Waals surface area (Å²) in [6.07, 6.45) is 10.1. The number of unbranched alkanes of at least 4 members (excludes halogenated alkanes) is 2. The van der Waals surface area contributed by atoms with Crippen LogP contribution in [0.4, 0.5) is 11.4 Å². The Morgan fingerprint density at radius 3 is 2.39 bits per heavy atom. The van der Waals surface area contributed by atoms with Crippen LogP contribution in [-0.4, -0.2) is 29.9 Å². The first-order valence-corrected chi connectivity index (χ1v) is 11.3. The molecule has 31 heavy (non-hydrogen) atoms. The van der Waals surface area contributed by atoms with E-state index in [-0.39, 0.29) is 5.56 Å². The monoisotopic (exact) mass is 420 g/mol. The molecule has 1 N–H and O–H groups in total. The van der Waals surface area contributed by atoms with Crippen molar-refractivity contribution in [1.29, 1.82) is 0 Å². The van der Waals surface area contributed by atoms with Crippen LogP contribution in [0.3, 0.4) is 0 Å². The van der Waals surface area contributed by atoms with Crippen LogP contribution in [0.5, 0.6) is 11.5 Å². The topological polar surface area (TPSA) is 62.1 Å². The Balaban J connectivity index is 2.16. The molecule has 0 amide bonds. The van der Waals surface area contributed by atoms with Crippen LogP contribution >= 0.6 is 0 Å². The number of anilines is 1.